The molecule has 1 unspecified atom stereocenters. The first kappa shape index (κ1) is 29.0. The first-order chi connectivity index (χ1) is 18.5. The number of hydrogen-bond acceptors (Lipinski definition) is 7. The number of nitrogens with one attached hydrogen (secondary N) is 1. The van der Waals surface area contributed by atoms with Gasteiger partial charge in [0, 0.05) is 26.9 Å². The van der Waals surface area contributed by atoms with Crippen LogP contribution in [0.25, 0.3) is 0 Å². The van der Waals surface area contributed by atoms with Gasteiger partial charge in [-0.15, -0.1) is 11.6 Å². The molecule has 1 N–H and O–H groups in total. The molecule has 2 aromatic carbocycles. The maximum absolute atomic E-state index is 12.1. The molecule has 11 heteroatoms. The first-order valence-electron chi connectivity index (χ1n) is 12.2. The smallest absolute Gasteiger partial charge is 0.234 e. The Morgan fingerprint density at radius 3 is 2.62 bits per heavy atom. The van der Waals surface area contributed by atoms with Crippen molar-refractivity contribution in [2.75, 3.05) is 30.1 Å². The normalized spacial score (nSPS) is 14.6. The third-order valence-corrected chi connectivity index (χ3v) is 7.43. The molecule has 2 heterocycles. The average molecular weight is 590 g/mol. The van der Waals surface area contributed by atoms with Crippen LogP contribution >= 0.6 is 23.2 Å². The molecule has 0 aliphatic carbocycles. The third kappa shape index (κ3) is 6.95. The van der Waals surface area contributed by atoms with Crippen molar-refractivity contribution in [2.45, 2.75) is 38.9 Å². The molecule has 1 aliphatic rings. The van der Waals surface area contributed by atoms with E-state index in [9.17, 15) is 9.47 Å². The minimum atomic E-state index is -2.54. The highest BCUT2D eigenvalue weighted by Gasteiger charge is 2.26. The van der Waals surface area contributed by atoms with E-state index in [0.29, 0.717) is 53.3 Å². The van der Waals surface area contributed by atoms with Crippen molar-refractivity contribution in [2.24, 2.45) is 0 Å². The molecule has 0 saturated heterocycles. The van der Waals surface area contributed by atoms with Crippen LogP contribution in [0.1, 0.15) is 47.5 Å². The number of benzene rings is 2. The van der Waals surface area contributed by atoms with Crippen LogP contribution in [0.5, 0.6) is 11.5 Å². The summed E-state index contributed by atoms with van der Waals surface area (Å²) in [5.74, 6) is 5.17. The fraction of sp³-hybridized carbons (Fsp3) is 0.357. The Morgan fingerprint density at radius 1 is 1.21 bits per heavy atom. The van der Waals surface area contributed by atoms with Crippen LogP contribution in [0.4, 0.5) is 5.95 Å². The summed E-state index contributed by atoms with van der Waals surface area (Å²) in [5, 5.41) is 10.0. The number of rotatable bonds is 10. The molecule has 39 heavy (non-hydrogen) atoms. The van der Waals surface area contributed by atoms with Gasteiger partial charge in [-0.05, 0) is 47.7 Å². The van der Waals surface area contributed by atoms with E-state index >= 15 is 0 Å². The van der Waals surface area contributed by atoms with E-state index in [1.807, 2.05) is 30.3 Å². The minimum Gasteiger partial charge on any atom is -0.489 e. The summed E-state index contributed by atoms with van der Waals surface area (Å²) in [5.41, 5.74) is 4.26. The highest BCUT2D eigenvalue weighted by Crippen LogP contribution is 2.38. The van der Waals surface area contributed by atoms with Crippen LogP contribution in [0.2, 0.25) is 5.02 Å². The van der Waals surface area contributed by atoms with Crippen molar-refractivity contribution in [1.82, 2.24) is 9.97 Å². The summed E-state index contributed by atoms with van der Waals surface area (Å²) in [6, 6.07) is 13.6. The van der Waals surface area contributed by atoms with Gasteiger partial charge in [-0.25, -0.2) is 14.2 Å². The van der Waals surface area contributed by atoms with E-state index in [4.69, 9.17) is 37.4 Å². The Bertz CT molecular complexity index is 1500. The second kappa shape index (κ2) is 12.0. The number of alkyl halides is 1. The van der Waals surface area contributed by atoms with Crippen LogP contribution in [-0.2, 0) is 39.5 Å². The van der Waals surface area contributed by atoms with Crippen LogP contribution < -0.4 is 14.2 Å². The zero-order valence-corrected chi connectivity index (χ0v) is 24.4. The largest absolute Gasteiger partial charge is 0.489 e. The van der Waals surface area contributed by atoms with E-state index in [-0.39, 0.29) is 19.2 Å². The van der Waals surface area contributed by atoms with Crippen molar-refractivity contribution in [3.63, 3.8) is 0 Å². The monoisotopic (exact) mass is 588 g/mol. The zero-order valence-electron chi connectivity index (χ0n) is 22.1. The molecule has 1 aromatic heterocycles. The van der Waals surface area contributed by atoms with Crippen LogP contribution in [0.3, 0.4) is 0 Å². The maximum Gasteiger partial charge on any atom is 0.234 e. The lowest BCUT2D eigenvalue weighted by molar-refractivity contribution is 0.106. The van der Waals surface area contributed by atoms with Gasteiger partial charge < -0.3 is 14.2 Å². The molecular formula is C28H30Cl2N4O4S. The average Bonchev–Trinajstić information content (AvgIpc) is 2.90. The molecule has 0 saturated carbocycles. The Kier molecular flexibility index (Phi) is 8.92. The summed E-state index contributed by atoms with van der Waals surface area (Å²) in [7, 11) is -2.54. The molecule has 0 radical (unpaired) electrons. The van der Waals surface area contributed by atoms with E-state index in [1.165, 1.54) is 6.26 Å². The van der Waals surface area contributed by atoms with Gasteiger partial charge >= 0.3 is 0 Å². The fourth-order valence-corrected chi connectivity index (χ4v) is 5.13. The fourth-order valence-electron chi connectivity index (χ4n) is 4.30. The summed E-state index contributed by atoms with van der Waals surface area (Å²) in [4.78, 5) is 9.01. The van der Waals surface area contributed by atoms with Gasteiger partial charge in [0.05, 0.1) is 41.1 Å². The second-order valence-corrected chi connectivity index (χ2v) is 12.8. The van der Waals surface area contributed by atoms with E-state index in [1.54, 1.807) is 6.07 Å². The predicted octanol–water partition coefficient (Wildman–Crippen LogP) is 5.27. The molecule has 3 aromatic rings. The lowest BCUT2D eigenvalue weighted by Gasteiger charge is -2.27. The van der Waals surface area contributed by atoms with Crippen LogP contribution in [0, 0.1) is 11.3 Å². The molecule has 0 bridgehead atoms. The van der Waals surface area contributed by atoms with E-state index in [2.05, 4.69) is 40.5 Å². The number of fused-ring (bicyclic) bond motifs is 1. The number of halogens is 2. The van der Waals surface area contributed by atoms with Crippen molar-refractivity contribution in [3.8, 4) is 17.6 Å². The quantitative estimate of drug-likeness (QED) is 0.254. The molecule has 206 valence electrons. The number of aromatic nitrogens is 2. The molecule has 8 nitrogen and oxygen atoms in total. The summed E-state index contributed by atoms with van der Waals surface area (Å²) in [6.07, 6.45) is 2.17. The standard InChI is InChI=1S/C28H30Cl2N4O4S/c1-28(2,20-13-18(15-31)26(23(30)14-20)37-12-10-29)19-5-7-21(8-6-19)38-17-25-22-9-11-36-16-24(22)32-27(33-25)34-39(3,4)35/h5-8,13-14H,3,9-12,16-17H2,1-2,4H3,(H,32,33,34,35). The van der Waals surface area contributed by atoms with Crippen LogP contribution in [-0.4, -0.2) is 45.4 Å². The molecular weight excluding hydrogens is 559 g/mol. The van der Waals surface area contributed by atoms with Crippen molar-refractivity contribution >= 4 is 44.7 Å². The topological polar surface area (TPSA) is 106 Å². The maximum atomic E-state index is 12.1. The molecule has 0 spiro atoms. The summed E-state index contributed by atoms with van der Waals surface area (Å²) < 4.78 is 32.1. The van der Waals surface area contributed by atoms with Gasteiger partial charge in [0.2, 0.25) is 5.95 Å². The highest BCUT2D eigenvalue weighted by molar-refractivity contribution is 8.00. The molecule has 0 fully saturated rings. The molecule has 1 atom stereocenters. The Labute approximate surface area is 239 Å². The lowest BCUT2D eigenvalue weighted by Crippen LogP contribution is -2.21. The van der Waals surface area contributed by atoms with E-state index < -0.39 is 15.1 Å². The second-order valence-electron chi connectivity index (χ2n) is 9.75. The van der Waals surface area contributed by atoms with Crippen molar-refractivity contribution < 1.29 is 18.4 Å². The number of anilines is 1. The molecule has 0 amide bonds. The summed E-state index contributed by atoms with van der Waals surface area (Å²) in [6.45, 7) is 5.55. The number of nitriles is 1. The van der Waals surface area contributed by atoms with Gasteiger partial charge in [0.15, 0.2) is 5.75 Å². The van der Waals surface area contributed by atoms with Gasteiger partial charge in [-0.2, -0.15) is 5.26 Å². The third-order valence-electron chi connectivity index (χ3n) is 6.38. The number of hydrogen-bond donors (Lipinski definition) is 1. The molecule has 1 aliphatic heterocycles. The SMILES string of the molecule is C=S(C)(=O)Nc1nc2c(c(COc3ccc(C(C)(C)c4cc(Cl)c(OCCCl)c(C#N)c4)cc3)n1)CCOC2. The van der Waals surface area contributed by atoms with E-state index in [0.717, 1.165) is 22.4 Å². The van der Waals surface area contributed by atoms with Crippen molar-refractivity contribution in [3.05, 3.63) is 75.1 Å². The molecule has 4 rings (SSSR count). The Balaban J connectivity index is 1.54. The predicted molar refractivity (Wildman–Crippen MR) is 155 cm³/mol. The highest BCUT2D eigenvalue weighted by atomic mass is 35.5. The Morgan fingerprint density at radius 2 is 1.95 bits per heavy atom. The Hall–Kier alpha value is -3.03. The summed E-state index contributed by atoms with van der Waals surface area (Å²) >= 11 is 12.2. The zero-order chi connectivity index (χ0) is 28.2. The van der Waals surface area contributed by atoms with Crippen LogP contribution in [0.15, 0.2) is 36.4 Å². The van der Waals surface area contributed by atoms with Gasteiger partial charge in [0.25, 0.3) is 0 Å². The minimum absolute atomic E-state index is 0.217. The number of ether oxygens (including phenoxy) is 3. The lowest BCUT2D eigenvalue weighted by atomic mass is 9.77. The van der Waals surface area contributed by atoms with Gasteiger partial charge in [-0.1, -0.05) is 37.6 Å². The number of nitrogens with zero attached hydrogens (tertiary/aromatic N) is 3. The first-order valence-corrected chi connectivity index (χ1v) is 15.3. The van der Waals surface area contributed by atoms with Crippen molar-refractivity contribution in [1.29, 1.82) is 5.26 Å². The van der Waals surface area contributed by atoms with Gasteiger partial charge in [0.1, 0.15) is 25.0 Å². The van der Waals surface area contributed by atoms with Gasteiger partial charge in [-0.3, -0.25) is 4.72 Å².